The molecule has 0 radical (unpaired) electrons. The van der Waals surface area contributed by atoms with Crippen molar-refractivity contribution in [3.05, 3.63) is 54.2 Å². The molecule has 1 aromatic carbocycles. The zero-order valence-electron chi connectivity index (χ0n) is 14.1. The van der Waals surface area contributed by atoms with Crippen LogP contribution >= 0.6 is 0 Å². The maximum atomic E-state index is 12.3. The maximum absolute atomic E-state index is 12.3. The van der Waals surface area contributed by atoms with E-state index in [2.05, 4.69) is 10.1 Å². The van der Waals surface area contributed by atoms with E-state index in [-0.39, 0.29) is 11.8 Å². The number of carbonyl (C=O) groups excluding carboxylic acids is 1. The van der Waals surface area contributed by atoms with Crippen LogP contribution in [0.15, 0.2) is 47.2 Å². The van der Waals surface area contributed by atoms with Crippen molar-refractivity contribution in [1.29, 1.82) is 0 Å². The number of aromatic nitrogens is 3. The summed E-state index contributed by atoms with van der Waals surface area (Å²) in [5.74, 6) is 1.11. The Morgan fingerprint density at radius 2 is 2.08 bits per heavy atom. The summed E-state index contributed by atoms with van der Waals surface area (Å²) in [6.45, 7) is 1.44. The van der Waals surface area contributed by atoms with Crippen molar-refractivity contribution < 1.29 is 9.21 Å². The number of para-hydroxylation sites is 2. The molecule has 6 nitrogen and oxygen atoms in total. The molecule has 128 valence electrons. The normalized spacial score (nSPS) is 16.1. The highest BCUT2D eigenvalue weighted by atomic mass is 16.3. The maximum Gasteiger partial charge on any atom is 0.246 e. The highest BCUT2D eigenvalue weighted by Gasteiger charge is 2.26. The fourth-order valence-corrected chi connectivity index (χ4v) is 3.21. The minimum Gasteiger partial charge on any atom is -0.440 e. The first kappa shape index (κ1) is 15.6. The molecular weight excluding hydrogens is 316 g/mol. The first-order valence-electron chi connectivity index (χ1n) is 8.50. The number of benzene rings is 1. The lowest BCUT2D eigenvalue weighted by molar-refractivity contribution is -0.127. The molecular formula is C19H20N4O2. The minimum atomic E-state index is 0.0415. The van der Waals surface area contributed by atoms with E-state index in [1.165, 1.54) is 0 Å². The highest BCUT2D eigenvalue weighted by molar-refractivity contribution is 5.91. The van der Waals surface area contributed by atoms with Crippen LogP contribution in [0.1, 0.15) is 30.2 Å². The third-order valence-corrected chi connectivity index (χ3v) is 4.61. The van der Waals surface area contributed by atoms with Gasteiger partial charge in [0.2, 0.25) is 5.91 Å². The monoisotopic (exact) mass is 336 g/mol. The number of likely N-dealkylation sites (tertiary alicyclic amines) is 1. The van der Waals surface area contributed by atoms with Crippen LogP contribution in [-0.4, -0.2) is 38.7 Å². The zero-order chi connectivity index (χ0) is 17.2. The first-order chi connectivity index (χ1) is 12.2. The van der Waals surface area contributed by atoms with E-state index in [1.54, 1.807) is 17.0 Å². The van der Waals surface area contributed by atoms with E-state index in [0.29, 0.717) is 0 Å². The lowest BCUT2D eigenvalue weighted by Gasteiger charge is -2.29. The molecule has 0 N–H and O–H groups in total. The summed E-state index contributed by atoms with van der Waals surface area (Å²) in [4.78, 5) is 18.8. The van der Waals surface area contributed by atoms with Gasteiger partial charge >= 0.3 is 0 Å². The molecule has 3 aromatic rings. The van der Waals surface area contributed by atoms with E-state index in [9.17, 15) is 4.79 Å². The largest absolute Gasteiger partial charge is 0.440 e. The number of fused-ring (bicyclic) bond motifs is 1. The van der Waals surface area contributed by atoms with E-state index >= 15 is 0 Å². The molecule has 0 bridgehead atoms. The summed E-state index contributed by atoms with van der Waals surface area (Å²) in [6.07, 6.45) is 8.80. The number of nitrogens with zero attached hydrogens (tertiary/aromatic N) is 4. The lowest BCUT2D eigenvalue weighted by atomic mass is 9.96. The van der Waals surface area contributed by atoms with E-state index < -0.39 is 0 Å². The molecule has 1 aliphatic heterocycles. The van der Waals surface area contributed by atoms with Gasteiger partial charge in [-0.2, -0.15) is 5.10 Å². The van der Waals surface area contributed by atoms with Crippen molar-refractivity contribution in [2.45, 2.75) is 18.8 Å². The smallest absolute Gasteiger partial charge is 0.246 e. The Morgan fingerprint density at radius 1 is 1.28 bits per heavy atom. The molecule has 3 heterocycles. The summed E-state index contributed by atoms with van der Waals surface area (Å²) in [7, 11) is 1.86. The number of oxazole rings is 1. The minimum absolute atomic E-state index is 0.0415. The van der Waals surface area contributed by atoms with Gasteiger partial charge in [-0.1, -0.05) is 12.1 Å². The van der Waals surface area contributed by atoms with Gasteiger partial charge in [0.05, 0.1) is 6.20 Å². The van der Waals surface area contributed by atoms with Gasteiger partial charge in [-0.05, 0) is 31.1 Å². The summed E-state index contributed by atoms with van der Waals surface area (Å²) in [6, 6.07) is 7.82. The first-order valence-corrected chi connectivity index (χ1v) is 8.50. The van der Waals surface area contributed by atoms with Crippen molar-refractivity contribution in [2.75, 3.05) is 13.1 Å². The number of piperidine rings is 1. The predicted octanol–water partition coefficient (Wildman–Crippen LogP) is 2.98. The van der Waals surface area contributed by atoms with E-state index in [0.717, 1.165) is 48.5 Å². The van der Waals surface area contributed by atoms with E-state index in [4.69, 9.17) is 4.42 Å². The topological polar surface area (TPSA) is 64.2 Å². The third-order valence-electron chi connectivity index (χ3n) is 4.61. The highest BCUT2D eigenvalue weighted by Crippen LogP contribution is 2.29. The van der Waals surface area contributed by atoms with Crippen LogP contribution in [0.25, 0.3) is 17.2 Å². The molecule has 4 rings (SSSR count). The summed E-state index contributed by atoms with van der Waals surface area (Å²) in [5, 5.41) is 4.09. The standard InChI is InChI=1S/C19H20N4O2/c1-22-13-14(12-20-22)6-7-18(24)23-10-8-15(9-11-23)19-21-16-4-2-3-5-17(16)25-19/h2-7,12-13,15H,8-11H2,1H3. The second-order valence-corrected chi connectivity index (χ2v) is 6.40. The fraction of sp³-hybridized carbons (Fsp3) is 0.316. The second kappa shape index (κ2) is 6.55. The SMILES string of the molecule is Cn1cc(C=CC(=O)N2CCC(c3nc4ccccc4o3)CC2)cn1. The predicted molar refractivity (Wildman–Crippen MR) is 94.8 cm³/mol. The molecule has 2 aromatic heterocycles. The number of carbonyl (C=O) groups is 1. The third kappa shape index (κ3) is 3.33. The van der Waals surface area contributed by atoms with Crippen LogP contribution in [-0.2, 0) is 11.8 Å². The Hall–Kier alpha value is -2.89. The van der Waals surface area contributed by atoms with Crippen molar-refractivity contribution in [3.63, 3.8) is 0 Å². The molecule has 0 spiro atoms. The van der Waals surface area contributed by atoms with Gasteiger partial charge in [0.1, 0.15) is 5.52 Å². The lowest BCUT2D eigenvalue weighted by Crippen LogP contribution is -2.36. The van der Waals surface area contributed by atoms with Gasteiger partial charge < -0.3 is 9.32 Å². The van der Waals surface area contributed by atoms with Crippen LogP contribution in [0, 0.1) is 0 Å². The molecule has 1 saturated heterocycles. The summed E-state index contributed by atoms with van der Waals surface area (Å²) in [5.41, 5.74) is 2.66. The number of hydrogen-bond acceptors (Lipinski definition) is 4. The molecule has 0 atom stereocenters. The molecule has 1 aliphatic rings. The van der Waals surface area contributed by atoms with Crippen molar-refractivity contribution in [2.24, 2.45) is 7.05 Å². The van der Waals surface area contributed by atoms with E-state index in [1.807, 2.05) is 48.5 Å². The summed E-state index contributed by atoms with van der Waals surface area (Å²) < 4.78 is 7.59. The Balaban J connectivity index is 1.37. The van der Waals surface area contributed by atoms with Crippen molar-refractivity contribution in [3.8, 4) is 0 Å². The zero-order valence-corrected chi connectivity index (χ0v) is 14.1. The molecule has 0 aliphatic carbocycles. The Bertz CT molecular complexity index is 883. The Morgan fingerprint density at radius 3 is 2.80 bits per heavy atom. The Labute approximate surface area is 145 Å². The molecule has 1 fully saturated rings. The second-order valence-electron chi connectivity index (χ2n) is 6.40. The van der Waals surface area contributed by atoms with Crippen molar-refractivity contribution in [1.82, 2.24) is 19.7 Å². The van der Waals surface area contributed by atoms with Gasteiger partial charge in [-0.25, -0.2) is 4.98 Å². The summed E-state index contributed by atoms with van der Waals surface area (Å²) >= 11 is 0. The molecule has 0 saturated carbocycles. The van der Waals surface area contributed by atoms with Crippen LogP contribution in [0.2, 0.25) is 0 Å². The van der Waals surface area contributed by atoms with Crippen LogP contribution < -0.4 is 0 Å². The number of rotatable bonds is 3. The average molecular weight is 336 g/mol. The fourth-order valence-electron chi connectivity index (χ4n) is 3.21. The quantitative estimate of drug-likeness (QED) is 0.690. The van der Waals surface area contributed by atoms with Crippen molar-refractivity contribution >= 4 is 23.1 Å². The van der Waals surface area contributed by atoms with Gasteiger partial charge in [0.25, 0.3) is 0 Å². The van der Waals surface area contributed by atoms with Crippen LogP contribution in [0.3, 0.4) is 0 Å². The number of hydrogen-bond donors (Lipinski definition) is 0. The molecule has 1 amide bonds. The average Bonchev–Trinajstić information content (AvgIpc) is 3.25. The molecule has 0 unspecified atom stereocenters. The Kier molecular flexibility index (Phi) is 4.09. The van der Waals surface area contributed by atoms with Crippen LogP contribution in [0.5, 0.6) is 0 Å². The van der Waals surface area contributed by atoms with Gasteiger partial charge in [0, 0.05) is 43.9 Å². The molecule has 6 heteroatoms. The van der Waals surface area contributed by atoms with Gasteiger partial charge in [-0.3, -0.25) is 9.48 Å². The van der Waals surface area contributed by atoms with Gasteiger partial charge in [-0.15, -0.1) is 0 Å². The van der Waals surface area contributed by atoms with Gasteiger partial charge in [0.15, 0.2) is 11.5 Å². The number of aryl methyl sites for hydroxylation is 1. The van der Waals surface area contributed by atoms with Crippen LogP contribution in [0.4, 0.5) is 0 Å². The molecule has 25 heavy (non-hydrogen) atoms. The number of amides is 1.